The predicted octanol–water partition coefficient (Wildman–Crippen LogP) is 2.73. The molecule has 0 saturated carbocycles. The van der Waals surface area contributed by atoms with Gasteiger partial charge in [0.05, 0.1) is 12.2 Å². The molecule has 0 amide bonds. The van der Waals surface area contributed by atoms with Crippen LogP contribution < -0.4 is 10.2 Å². The van der Waals surface area contributed by atoms with Gasteiger partial charge in [-0.05, 0) is 41.2 Å². The second-order valence-electron chi connectivity index (χ2n) is 3.87. The van der Waals surface area contributed by atoms with Gasteiger partial charge in [-0.15, -0.1) is 0 Å². The van der Waals surface area contributed by atoms with E-state index in [-0.39, 0.29) is 0 Å². The highest BCUT2D eigenvalue weighted by Crippen LogP contribution is 2.29. The highest BCUT2D eigenvalue weighted by Gasteiger charge is 2.09. The van der Waals surface area contributed by atoms with Crippen LogP contribution in [0.25, 0.3) is 0 Å². The molecule has 0 fully saturated rings. The molecule has 0 radical (unpaired) electrons. The standard InChI is InChI=1S/C13H15BrN4/c1-15-9-12-16-8-7-13(17-12)18(2)11-6-4-3-5-10(11)14/h3-8,15H,9H2,1-2H3. The number of rotatable bonds is 4. The Kier molecular flexibility index (Phi) is 4.28. The molecule has 2 rings (SSSR count). The quantitative estimate of drug-likeness (QED) is 0.943. The van der Waals surface area contributed by atoms with Crippen LogP contribution in [0.15, 0.2) is 41.0 Å². The van der Waals surface area contributed by atoms with Gasteiger partial charge in [0.15, 0.2) is 0 Å². The third-order valence-corrected chi connectivity index (χ3v) is 3.25. The minimum absolute atomic E-state index is 0.664. The van der Waals surface area contributed by atoms with Crippen molar-refractivity contribution in [1.82, 2.24) is 15.3 Å². The summed E-state index contributed by atoms with van der Waals surface area (Å²) in [5.74, 6) is 1.66. The van der Waals surface area contributed by atoms with Gasteiger partial charge in [0.2, 0.25) is 0 Å². The first-order valence-electron chi connectivity index (χ1n) is 5.67. The van der Waals surface area contributed by atoms with Gasteiger partial charge in [0.25, 0.3) is 0 Å². The Morgan fingerprint density at radius 1 is 1.28 bits per heavy atom. The molecule has 0 aliphatic carbocycles. The van der Waals surface area contributed by atoms with Gasteiger partial charge in [-0.2, -0.15) is 0 Å². The fraction of sp³-hybridized carbons (Fsp3) is 0.231. The number of nitrogens with one attached hydrogen (secondary N) is 1. The second kappa shape index (κ2) is 5.93. The Morgan fingerprint density at radius 3 is 2.78 bits per heavy atom. The van der Waals surface area contributed by atoms with E-state index >= 15 is 0 Å². The summed E-state index contributed by atoms with van der Waals surface area (Å²) in [5.41, 5.74) is 1.08. The average Bonchev–Trinajstić information content (AvgIpc) is 2.39. The zero-order valence-electron chi connectivity index (χ0n) is 10.4. The van der Waals surface area contributed by atoms with E-state index in [1.165, 1.54) is 0 Å². The van der Waals surface area contributed by atoms with Crippen LogP contribution >= 0.6 is 15.9 Å². The van der Waals surface area contributed by atoms with Gasteiger partial charge >= 0.3 is 0 Å². The number of halogens is 1. The zero-order valence-corrected chi connectivity index (χ0v) is 12.0. The van der Waals surface area contributed by atoms with Crippen LogP contribution in [0.2, 0.25) is 0 Å². The molecule has 2 aromatic rings. The summed E-state index contributed by atoms with van der Waals surface area (Å²) in [5, 5.41) is 3.05. The Balaban J connectivity index is 2.31. The maximum atomic E-state index is 4.51. The average molecular weight is 307 g/mol. The normalized spacial score (nSPS) is 10.4. The number of nitrogens with zero attached hydrogens (tertiary/aromatic N) is 3. The molecule has 0 saturated heterocycles. The van der Waals surface area contributed by atoms with Crippen molar-refractivity contribution in [2.24, 2.45) is 0 Å². The number of hydrogen-bond donors (Lipinski definition) is 1. The van der Waals surface area contributed by atoms with E-state index in [4.69, 9.17) is 0 Å². The van der Waals surface area contributed by atoms with Gasteiger partial charge in [-0.25, -0.2) is 9.97 Å². The Morgan fingerprint density at radius 2 is 2.06 bits per heavy atom. The minimum Gasteiger partial charge on any atom is -0.328 e. The Labute approximate surface area is 115 Å². The van der Waals surface area contributed by atoms with Crippen molar-refractivity contribution in [3.63, 3.8) is 0 Å². The van der Waals surface area contributed by atoms with Crippen LogP contribution in [0.4, 0.5) is 11.5 Å². The molecule has 94 valence electrons. The lowest BCUT2D eigenvalue weighted by atomic mass is 10.3. The number of anilines is 2. The van der Waals surface area contributed by atoms with E-state index in [9.17, 15) is 0 Å². The smallest absolute Gasteiger partial charge is 0.144 e. The van der Waals surface area contributed by atoms with Crippen molar-refractivity contribution in [3.05, 3.63) is 46.8 Å². The topological polar surface area (TPSA) is 41.1 Å². The summed E-state index contributed by atoms with van der Waals surface area (Å²) < 4.78 is 1.04. The lowest BCUT2D eigenvalue weighted by Gasteiger charge is -2.19. The maximum Gasteiger partial charge on any atom is 0.144 e. The molecule has 5 heteroatoms. The van der Waals surface area contributed by atoms with E-state index in [1.807, 2.05) is 49.3 Å². The molecule has 0 aliphatic rings. The molecule has 0 aliphatic heterocycles. The van der Waals surface area contributed by atoms with E-state index < -0.39 is 0 Å². The first kappa shape index (κ1) is 13.0. The molecule has 0 atom stereocenters. The van der Waals surface area contributed by atoms with Crippen LogP contribution in [0.5, 0.6) is 0 Å². The number of benzene rings is 1. The SMILES string of the molecule is CNCc1nccc(N(C)c2ccccc2Br)n1. The maximum absolute atomic E-state index is 4.51. The van der Waals surface area contributed by atoms with Crippen molar-refractivity contribution >= 4 is 27.4 Å². The van der Waals surface area contributed by atoms with Gasteiger partial charge in [0, 0.05) is 17.7 Å². The summed E-state index contributed by atoms with van der Waals surface area (Å²) in [7, 11) is 3.87. The monoisotopic (exact) mass is 306 g/mol. The first-order valence-corrected chi connectivity index (χ1v) is 6.46. The van der Waals surface area contributed by atoms with E-state index in [1.54, 1.807) is 6.20 Å². The lowest BCUT2D eigenvalue weighted by Crippen LogP contribution is -2.15. The van der Waals surface area contributed by atoms with Crippen LogP contribution in [0, 0.1) is 0 Å². The predicted molar refractivity (Wildman–Crippen MR) is 77.0 cm³/mol. The third kappa shape index (κ3) is 2.86. The number of para-hydroxylation sites is 1. The van der Waals surface area contributed by atoms with Crippen LogP contribution in [-0.4, -0.2) is 24.1 Å². The van der Waals surface area contributed by atoms with Crippen molar-refractivity contribution in [3.8, 4) is 0 Å². The Bertz CT molecular complexity index is 530. The van der Waals surface area contributed by atoms with Crippen LogP contribution in [-0.2, 0) is 6.54 Å². The number of hydrogen-bond acceptors (Lipinski definition) is 4. The fourth-order valence-electron chi connectivity index (χ4n) is 1.67. The largest absolute Gasteiger partial charge is 0.328 e. The van der Waals surface area contributed by atoms with E-state index in [2.05, 4.69) is 31.2 Å². The fourth-order valence-corrected chi connectivity index (χ4v) is 2.22. The highest BCUT2D eigenvalue weighted by atomic mass is 79.9. The molecule has 1 N–H and O–H groups in total. The van der Waals surface area contributed by atoms with Gasteiger partial charge in [-0.1, -0.05) is 12.1 Å². The van der Waals surface area contributed by atoms with Crippen LogP contribution in [0.3, 0.4) is 0 Å². The third-order valence-electron chi connectivity index (χ3n) is 2.58. The van der Waals surface area contributed by atoms with Crippen molar-refractivity contribution < 1.29 is 0 Å². The highest BCUT2D eigenvalue weighted by molar-refractivity contribution is 9.10. The molecule has 0 spiro atoms. The summed E-state index contributed by atoms with van der Waals surface area (Å²) in [6, 6.07) is 9.96. The summed E-state index contributed by atoms with van der Waals surface area (Å²) in [6.07, 6.45) is 1.78. The number of aromatic nitrogens is 2. The molecule has 1 aromatic heterocycles. The molecule has 4 nitrogen and oxygen atoms in total. The molecule has 1 heterocycles. The molecule has 0 unspecified atom stereocenters. The summed E-state index contributed by atoms with van der Waals surface area (Å²) >= 11 is 3.55. The van der Waals surface area contributed by atoms with Gasteiger partial charge in [-0.3, -0.25) is 0 Å². The Hall–Kier alpha value is -1.46. The van der Waals surface area contributed by atoms with Crippen LogP contribution in [0.1, 0.15) is 5.82 Å². The van der Waals surface area contributed by atoms with Crippen molar-refractivity contribution in [2.75, 3.05) is 19.0 Å². The first-order chi connectivity index (χ1) is 8.72. The second-order valence-corrected chi connectivity index (χ2v) is 4.73. The lowest BCUT2D eigenvalue weighted by molar-refractivity contribution is 0.757. The minimum atomic E-state index is 0.664. The van der Waals surface area contributed by atoms with Gasteiger partial charge in [0.1, 0.15) is 11.6 Å². The van der Waals surface area contributed by atoms with Gasteiger partial charge < -0.3 is 10.2 Å². The van der Waals surface area contributed by atoms with E-state index in [0.717, 1.165) is 21.8 Å². The van der Waals surface area contributed by atoms with Crippen molar-refractivity contribution in [1.29, 1.82) is 0 Å². The molecule has 1 aromatic carbocycles. The summed E-state index contributed by atoms with van der Waals surface area (Å²) in [4.78, 5) is 10.8. The zero-order chi connectivity index (χ0) is 13.0. The van der Waals surface area contributed by atoms with Crippen molar-refractivity contribution in [2.45, 2.75) is 6.54 Å². The molecular formula is C13H15BrN4. The molecule has 0 bridgehead atoms. The molecule has 18 heavy (non-hydrogen) atoms. The van der Waals surface area contributed by atoms with E-state index in [0.29, 0.717) is 6.54 Å². The molecular weight excluding hydrogens is 292 g/mol. The summed E-state index contributed by atoms with van der Waals surface area (Å²) in [6.45, 7) is 0.664.